The molecule has 0 fully saturated rings. The molecule has 4 nitrogen and oxygen atoms in total. The van der Waals surface area contributed by atoms with E-state index in [-0.39, 0.29) is 6.04 Å². The number of nitrogens with zero attached hydrogens (tertiary/aromatic N) is 2. The molecule has 0 aliphatic rings. The van der Waals surface area contributed by atoms with Crippen LogP contribution in [0.5, 0.6) is 0 Å². The predicted molar refractivity (Wildman–Crippen MR) is 48.9 cm³/mol. The lowest BCUT2D eigenvalue weighted by Gasteiger charge is -2.07. The van der Waals surface area contributed by atoms with E-state index in [1.54, 1.807) is 17.8 Å². The molecule has 0 bridgehead atoms. The Balaban J connectivity index is 3.01. The van der Waals surface area contributed by atoms with Gasteiger partial charge in [0.25, 0.3) is 0 Å². The summed E-state index contributed by atoms with van der Waals surface area (Å²) in [5.41, 5.74) is 0.869. The maximum absolute atomic E-state index is 10.7. The van der Waals surface area contributed by atoms with Crippen molar-refractivity contribution >= 4 is 5.97 Å². The standard InChI is InChI=1S/C9H14N2O2/c1-4-6(2)11-5-8(9(12)13)7(3)10-11/h5-6H,4H2,1-3H3,(H,12,13). The van der Waals surface area contributed by atoms with Crippen LogP contribution in [0, 0.1) is 6.92 Å². The molecular weight excluding hydrogens is 168 g/mol. The molecule has 4 heteroatoms. The van der Waals surface area contributed by atoms with E-state index in [2.05, 4.69) is 5.10 Å². The highest BCUT2D eigenvalue weighted by atomic mass is 16.4. The molecule has 1 rings (SSSR count). The molecule has 13 heavy (non-hydrogen) atoms. The molecule has 0 saturated heterocycles. The van der Waals surface area contributed by atoms with Crippen LogP contribution in [0.25, 0.3) is 0 Å². The Morgan fingerprint density at radius 3 is 2.77 bits per heavy atom. The summed E-state index contributed by atoms with van der Waals surface area (Å²) in [5.74, 6) is -0.910. The largest absolute Gasteiger partial charge is 0.478 e. The lowest BCUT2D eigenvalue weighted by molar-refractivity contribution is 0.0696. The summed E-state index contributed by atoms with van der Waals surface area (Å²) in [6.45, 7) is 5.77. The summed E-state index contributed by atoms with van der Waals surface area (Å²) in [7, 11) is 0. The number of carboxylic acids is 1. The molecule has 0 aliphatic heterocycles. The minimum absolute atomic E-state index is 0.256. The van der Waals surface area contributed by atoms with E-state index < -0.39 is 5.97 Å². The Morgan fingerprint density at radius 2 is 2.38 bits per heavy atom. The van der Waals surface area contributed by atoms with Crippen molar-refractivity contribution in [3.05, 3.63) is 17.5 Å². The molecule has 0 aromatic carbocycles. The third kappa shape index (κ3) is 1.88. The maximum atomic E-state index is 10.7. The predicted octanol–water partition coefficient (Wildman–Crippen LogP) is 1.86. The van der Waals surface area contributed by atoms with Crippen LogP contribution in [0.4, 0.5) is 0 Å². The van der Waals surface area contributed by atoms with Gasteiger partial charge in [0.1, 0.15) is 5.56 Å². The fraction of sp³-hybridized carbons (Fsp3) is 0.556. The third-order valence-electron chi connectivity index (χ3n) is 2.19. The summed E-state index contributed by atoms with van der Waals surface area (Å²) in [4.78, 5) is 10.7. The van der Waals surface area contributed by atoms with Gasteiger partial charge in [-0.1, -0.05) is 6.92 Å². The van der Waals surface area contributed by atoms with Crippen molar-refractivity contribution in [1.29, 1.82) is 0 Å². The van der Waals surface area contributed by atoms with E-state index in [4.69, 9.17) is 5.11 Å². The van der Waals surface area contributed by atoms with Crippen molar-refractivity contribution in [2.24, 2.45) is 0 Å². The smallest absolute Gasteiger partial charge is 0.339 e. The van der Waals surface area contributed by atoms with Gasteiger partial charge in [-0.05, 0) is 20.3 Å². The molecule has 0 radical (unpaired) electrons. The van der Waals surface area contributed by atoms with Crippen LogP contribution >= 0.6 is 0 Å². The van der Waals surface area contributed by atoms with Gasteiger partial charge in [0.05, 0.1) is 5.69 Å². The van der Waals surface area contributed by atoms with Gasteiger partial charge in [-0.25, -0.2) is 4.79 Å². The summed E-state index contributed by atoms with van der Waals surface area (Å²) >= 11 is 0. The number of aromatic nitrogens is 2. The molecule has 1 N–H and O–H groups in total. The zero-order valence-electron chi connectivity index (χ0n) is 8.11. The topological polar surface area (TPSA) is 55.1 Å². The van der Waals surface area contributed by atoms with Crippen LogP contribution in [0.1, 0.15) is 42.4 Å². The lowest BCUT2D eigenvalue weighted by atomic mass is 10.2. The normalized spacial score (nSPS) is 12.8. The van der Waals surface area contributed by atoms with E-state index in [1.807, 2.05) is 13.8 Å². The number of rotatable bonds is 3. The molecular formula is C9H14N2O2. The van der Waals surface area contributed by atoms with Crippen molar-refractivity contribution in [3.63, 3.8) is 0 Å². The average molecular weight is 182 g/mol. The number of carboxylic acid groups (broad SMARTS) is 1. The SMILES string of the molecule is CCC(C)n1cc(C(=O)O)c(C)n1. The molecule has 1 aromatic heterocycles. The van der Waals surface area contributed by atoms with E-state index >= 15 is 0 Å². The first-order chi connectivity index (χ1) is 6.06. The molecule has 0 spiro atoms. The van der Waals surface area contributed by atoms with Gasteiger partial charge >= 0.3 is 5.97 Å². The number of aromatic carboxylic acids is 1. The van der Waals surface area contributed by atoms with E-state index in [0.29, 0.717) is 11.3 Å². The Hall–Kier alpha value is -1.32. The molecule has 1 heterocycles. The van der Waals surface area contributed by atoms with Gasteiger partial charge in [0.2, 0.25) is 0 Å². The van der Waals surface area contributed by atoms with Crippen molar-refractivity contribution in [3.8, 4) is 0 Å². The zero-order valence-corrected chi connectivity index (χ0v) is 8.11. The van der Waals surface area contributed by atoms with Crippen molar-refractivity contribution in [2.75, 3.05) is 0 Å². The van der Waals surface area contributed by atoms with E-state index in [1.165, 1.54) is 0 Å². The highest BCUT2D eigenvalue weighted by Gasteiger charge is 2.13. The second kappa shape index (κ2) is 3.60. The fourth-order valence-electron chi connectivity index (χ4n) is 1.10. The van der Waals surface area contributed by atoms with E-state index in [0.717, 1.165) is 6.42 Å². The molecule has 0 aliphatic carbocycles. The second-order valence-corrected chi connectivity index (χ2v) is 3.17. The summed E-state index contributed by atoms with van der Waals surface area (Å²) < 4.78 is 1.71. The summed E-state index contributed by atoms with van der Waals surface area (Å²) in [6.07, 6.45) is 2.53. The highest BCUT2D eigenvalue weighted by molar-refractivity contribution is 5.88. The van der Waals surface area contributed by atoms with Crippen LogP contribution in [0.15, 0.2) is 6.20 Å². The number of hydrogen-bond donors (Lipinski definition) is 1. The first kappa shape index (κ1) is 9.77. The van der Waals surface area contributed by atoms with Gasteiger partial charge in [-0.3, -0.25) is 4.68 Å². The van der Waals surface area contributed by atoms with Crippen molar-refractivity contribution < 1.29 is 9.90 Å². The lowest BCUT2D eigenvalue weighted by Crippen LogP contribution is -2.04. The Labute approximate surface area is 77.2 Å². The first-order valence-corrected chi connectivity index (χ1v) is 4.35. The fourth-order valence-corrected chi connectivity index (χ4v) is 1.10. The average Bonchev–Trinajstić information content (AvgIpc) is 2.46. The number of hydrogen-bond acceptors (Lipinski definition) is 2. The second-order valence-electron chi connectivity index (χ2n) is 3.17. The van der Waals surface area contributed by atoms with Crippen LogP contribution in [-0.4, -0.2) is 20.9 Å². The molecule has 1 atom stereocenters. The first-order valence-electron chi connectivity index (χ1n) is 4.35. The molecule has 0 saturated carbocycles. The quantitative estimate of drug-likeness (QED) is 0.776. The van der Waals surface area contributed by atoms with Crippen molar-refractivity contribution in [1.82, 2.24) is 9.78 Å². The Kier molecular flexibility index (Phi) is 2.70. The minimum Gasteiger partial charge on any atom is -0.478 e. The third-order valence-corrected chi connectivity index (χ3v) is 2.19. The van der Waals surface area contributed by atoms with E-state index in [9.17, 15) is 4.79 Å². The summed E-state index contributed by atoms with van der Waals surface area (Å²) in [6, 6.07) is 0.256. The van der Waals surface area contributed by atoms with Crippen LogP contribution in [0.2, 0.25) is 0 Å². The van der Waals surface area contributed by atoms with Gasteiger partial charge in [-0.15, -0.1) is 0 Å². The Morgan fingerprint density at radius 1 is 1.77 bits per heavy atom. The van der Waals surface area contributed by atoms with Crippen molar-refractivity contribution in [2.45, 2.75) is 33.2 Å². The molecule has 72 valence electrons. The number of carbonyl (C=O) groups is 1. The van der Waals surface area contributed by atoms with Gasteiger partial charge < -0.3 is 5.11 Å². The van der Waals surface area contributed by atoms with Gasteiger partial charge in [0, 0.05) is 12.2 Å². The zero-order chi connectivity index (χ0) is 10.0. The van der Waals surface area contributed by atoms with Gasteiger partial charge in [0.15, 0.2) is 0 Å². The highest BCUT2D eigenvalue weighted by Crippen LogP contribution is 2.13. The van der Waals surface area contributed by atoms with Crippen LogP contribution in [-0.2, 0) is 0 Å². The monoisotopic (exact) mass is 182 g/mol. The van der Waals surface area contributed by atoms with Crippen LogP contribution < -0.4 is 0 Å². The molecule has 1 unspecified atom stereocenters. The molecule has 0 amide bonds. The Bertz CT molecular complexity index is 317. The van der Waals surface area contributed by atoms with Crippen LogP contribution in [0.3, 0.4) is 0 Å². The maximum Gasteiger partial charge on any atom is 0.339 e. The number of aryl methyl sites for hydroxylation is 1. The minimum atomic E-state index is -0.910. The summed E-state index contributed by atoms with van der Waals surface area (Å²) in [5, 5.41) is 12.9. The molecule has 1 aromatic rings. The van der Waals surface area contributed by atoms with Gasteiger partial charge in [-0.2, -0.15) is 5.10 Å².